The van der Waals surface area contributed by atoms with Gasteiger partial charge in [0.05, 0.1) is 0 Å². The lowest BCUT2D eigenvalue weighted by molar-refractivity contribution is -0.148. The highest BCUT2D eigenvalue weighted by atomic mass is 32.2. The van der Waals surface area contributed by atoms with Gasteiger partial charge in [-0.15, -0.1) is 11.8 Å². The maximum atomic E-state index is 12.2. The van der Waals surface area contributed by atoms with Crippen LogP contribution in [0.25, 0.3) is 0 Å². The molecule has 2 atom stereocenters. The fourth-order valence-corrected chi connectivity index (χ4v) is 3.05. The molecule has 1 aliphatic rings. The molecule has 1 amide bonds. The molecule has 2 unspecified atom stereocenters. The molecule has 1 saturated heterocycles. The number of aliphatic carboxylic acids is 1. The summed E-state index contributed by atoms with van der Waals surface area (Å²) in [6.45, 7) is 2.48. The van der Waals surface area contributed by atoms with E-state index in [0.29, 0.717) is 12.3 Å². The molecule has 0 spiro atoms. The normalized spacial score (nSPS) is 21.3. The summed E-state index contributed by atoms with van der Waals surface area (Å²) in [7, 11) is 0. The number of carbonyl (C=O) groups excluding carboxylic acids is 1. The second kappa shape index (κ2) is 5.63. The minimum atomic E-state index is -1.66. The lowest BCUT2D eigenvalue weighted by atomic mass is 10.1. The lowest BCUT2D eigenvalue weighted by Gasteiger charge is -2.33. The van der Waals surface area contributed by atoms with Crippen molar-refractivity contribution in [2.75, 3.05) is 17.2 Å². The maximum Gasteiger partial charge on any atom is 0.334 e. The van der Waals surface area contributed by atoms with Gasteiger partial charge in [-0.25, -0.2) is 4.79 Å². The van der Waals surface area contributed by atoms with Crippen LogP contribution in [0.15, 0.2) is 24.3 Å². The second-order valence-corrected chi connectivity index (χ2v) is 5.65. The number of carboxylic acids is 1. The van der Waals surface area contributed by atoms with Crippen LogP contribution in [0, 0.1) is 6.92 Å². The Hall–Kier alpha value is -1.53. The standard InChI is InChI=1S/C13H15NO4S/c1-8-2-4-9(5-3-8)14-6-7-19-11(12(14)16)10(15)13(17)18/h2-5,10-11,15H,6-7H2,1H3,(H,17,18). The van der Waals surface area contributed by atoms with Crippen LogP contribution in [-0.2, 0) is 9.59 Å². The van der Waals surface area contributed by atoms with Crippen molar-refractivity contribution in [3.05, 3.63) is 29.8 Å². The molecule has 1 aromatic rings. The average molecular weight is 281 g/mol. The number of nitrogens with zero attached hydrogens (tertiary/aromatic N) is 1. The highest BCUT2D eigenvalue weighted by Gasteiger charge is 2.38. The predicted octanol–water partition coefficient (Wildman–Crippen LogP) is 0.889. The summed E-state index contributed by atoms with van der Waals surface area (Å²) in [5.41, 5.74) is 1.82. The van der Waals surface area contributed by atoms with Gasteiger partial charge in [0.1, 0.15) is 5.25 Å². The number of rotatable bonds is 3. The molecule has 1 fully saturated rings. The first-order chi connectivity index (χ1) is 9.00. The maximum absolute atomic E-state index is 12.2. The second-order valence-electron chi connectivity index (χ2n) is 4.40. The van der Waals surface area contributed by atoms with Gasteiger partial charge < -0.3 is 15.1 Å². The van der Waals surface area contributed by atoms with Crippen molar-refractivity contribution < 1.29 is 19.8 Å². The van der Waals surface area contributed by atoms with Gasteiger partial charge in [-0.3, -0.25) is 4.79 Å². The van der Waals surface area contributed by atoms with Gasteiger partial charge in [0.25, 0.3) is 0 Å². The van der Waals surface area contributed by atoms with E-state index in [9.17, 15) is 14.7 Å². The molecule has 0 radical (unpaired) electrons. The number of aryl methyl sites for hydroxylation is 1. The summed E-state index contributed by atoms with van der Waals surface area (Å²) < 4.78 is 0. The number of thioether (sulfide) groups is 1. The van der Waals surface area contributed by atoms with Gasteiger partial charge in [0, 0.05) is 18.0 Å². The number of anilines is 1. The number of hydrogen-bond donors (Lipinski definition) is 2. The van der Waals surface area contributed by atoms with E-state index in [1.807, 2.05) is 31.2 Å². The van der Waals surface area contributed by atoms with E-state index < -0.39 is 17.3 Å². The minimum absolute atomic E-state index is 0.352. The van der Waals surface area contributed by atoms with Crippen LogP contribution < -0.4 is 4.90 Å². The van der Waals surface area contributed by atoms with E-state index in [0.717, 1.165) is 11.3 Å². The van der Waals surface area contributed by atoms with Crippen LogP contribution >= 0.6 is 11.8 Å². The Kier molecular flexibility index (Phi) is 4.11. The number of aliphatic hydroxyl groups is 1. The molecular formula is C13H15NO4S. The third-order valence-corrected chi connectivity index (χ3v) is 4.24. The third kappa shape index (κ3) is 2.90. The number of carbonyl (C=O) groups is 2. The predicted molar refractivity (Wildman–Crippen MR) is 73.4 cm³/mol. The van der Waals surface area contributed by atoms with Crippen molar-refractivity contribution in [3.8, 4) is 0 Å². The Morgan fingerprint density at radius 1 is 1.42 bits per heavy atom. The van der Waals surface area contributed by atoms with Gasteiger partial charge in [-0.05, 0) is 19.1 Å². The van der Waals surface area contributed by atoms with E-state index in [1.165, 1.54) is 16.7 Å². The van der Waals surface area contributed by atoms with Crippen LogP contribution in [0.2, 0.25) is 0 Å². The monoisotopic (exact) mass is 281 g/mol. The van der Waals surface area contributed by atoms with Crippen LogP contribution in [0.5, 0.6) is 0 Å². The quantitative estimate of drug-likeness (QED) is 0.860. The zero-order valence-corrected chi connectivity index (χ0v) is 11.3. The van der Waals surface area contributed by atoms with Crippen LogP contribution in [0.3, 0.4) is 0 Å². The van der Waals surface area contributed by atoms with Crippen LogP contribution in [-0.4, -0.2) is 45.7 Å². The summed E-state index contributed by atoms with van der Waals surface area (Å²) >= 11 is 1.19. The molecule has 2 rings (SSSR count). The van der Waals surface area contributed by atoms with Crippen molar-refractivity contribution in [1.29, 1.82) is 0 Å². The number of benzene rings is 1. The SMILES string of the molecule is Cc1ccc(N2CCSC(C(O)C(=O)O)C2=O)cc1. The van der Waals surface area contributed by atoms with E-state index in [1.54, 1.807) is 0 Å². The number of amides is 1. The van der Waals surface area contributed by atoms with Gasteiger partial charge >= 0.3 is 5.97 Å². The Morgan fingerprint density at radius 2 is 2.05 bits per heavy atom. The minimum Gasteiger partial charge on any atom is -0.479 e. The molecule has 6 heteroatoms. The Morgan fingerprint density at radius 3 is 2.63 bits per heavy atom. The molecule has 1 aromatic carbocycles. The summed E-state index contributed by atoms with van der Waals surface area (Å²) in [6.07, 6.45) is -1.66. The molecule has 1 aliphatic heterocycles. The topological polar surface area (TPSA) is 77.8 Å². The lowest BCUT2D eigenvalue weighted by Crippen LogP contribution is -2.50. The van der Waals surface area contributed by atoms with E-state index >= 15 is 0 Å². The third-order valence-electron chi connectivity index (χ3n) is 3.01. The highest BCUT2D eigenvalue weighted by Crippen LogP contribution is 2.27. The van der Waals surface area contributed by atoms with Crippen LogP contribution in [0.1, 0.15) is 5.56 Å². The number of hydrogen-bond acceptors (Lipinski definition) is 4. The van der Waals surface area contributed by atoms with Gasteiger partial charge in [-0.2, -0.15) is 0 Å². The first-order valence-electron chi connectivity index (χ1n) is 5.91. The van der Waals surface area contributed by atoms with Crippen molar-refractivity contribution >= 4 is 29.3 Å². The molecule has 0 saturated carbocycles. The van der Waals surface area contributed by atoms with E-state index in [-0.39, 0.29) is 5.91 Å². The smallest absolute Gasteiger partial charge is 0.334 e. The molecule has 19 heavy (non-hydrogen) atoms. The molecule has 2 N–H and O–H groups in total. The highest BCUT2D eigenvalue weighted by molar-refractivity contribution is 8.00. The molecule has 0 bridgehead atoms. The zero-order chi connectivity index (χ0) is 14.0. The molecule has 5 nitrogen and oxygen atoms in total. The van der Waals surface area contributed by atoms with Crippen molar-refractivity contribution in [2.45, 2.75) is 18.3 Å². The van der Waals surface area contributed by atoms with Crippen molar-refractivity contribution in [1.82, 2.24) is 0 Å². The number of carboxylic acid groups (broad SMARTS) is 1. The Labute approximate surface area is 115 Å². The summed E-state index contributed by atoms with van der Waals surface area (Å²) in [5, 5.41) is 17.4. The summed E-state index contributed by atoms with van der Waals surface area (Å²) in [4.78, 5) is 24.6. The Bertz CT molecular complexity index is 488. The van der Waals surface area contributed by atoms with E-state index in [2.05, 4.69) is 0 Å². The Balaban J connectivity index is 2.20. The molecule has 102 valence electrons. The summed E-state index contributed by atoms with van der Waals surface area (Å²) in [6, 6.07) is 7.45. The molecule has 0 aromatic heterocycles. The fraction of sp³-hybridized carbons (Fsp3) is 0.385. The first-order valence-corrected chi connectivity index (χ1v) is 6.96. The molecule has 1 heterocycles. The van der Waals surface area contributed by atoms with Crippen LogP contribution in [0.4, 0.5) is 5.69 Å². The molecule has 0 aliphatic carbocycles. The number of aliphatic hydroxyl groups excluding tert-OH is 1. The van der Waals surface area contributed by atoms with Crippen molar-refractivity contribution in [3.63, 3.8) is 0 Å². The zero-order valence-electron chi connectivity index (χ0n) is 10.4. The van der Waals surface area contributed by atoms with Crippen molar-refractivity contribution in [2.24, 2.45) is 0 Å². The average Bonchev–Trinajstić information content (AvgIpc) is 2.39. The van der Waals surface area contributed by atoms with Gasteiger partial charge in [-0.1, -0.05) is 17.7 Å². The van der Waals surface area contributed by atoms with Gasteiger partial charge in [0.2, 0.25) is 5.91 Å². The van der Waals surface area contributed by atoms with E-state index in [4.69, 9.17) is 5.11 Å². The molecular weight excluding hydrogens is 266 g/mol. The first kappa shape index (κ1) is 13.9. The summed E-state index contributed by atoms with van der Waals surface area (Å²) in [5.74, 6) is -1.11. The fourth-order valence-electron chi connectivity index (χ4n) is 1.94. The van der Waals surface area contributed by atoms with Gasteiger partial charge in [0.15, 0.2) is 6.10 Å². The largest absolute Gasteiger partial charge is 0.479 e.